The second-order valence-corrected chi connectivity index (χ2v) is 17.0. The molecule has 8 heteroatoms. The molecule has 0 aromatic carbocycles. The second kappa shape index (κ2) is 39.6. The summed E-state index contributed by atoms with van der Waals surface area (Å²) in [6.07, 6.45) is 43.6. The van der Waals surface area contributed by atoms with E-state index in [-0.39, 0.29) is 36.2 Å². The highest BCUT2D eigenvalue weighted by Crippen LogP contribution is 2.14. The number of carboxylic acids is 1. The van der Waals surface area contributed by atoms with Gasteiger partial charge in [-0.05, 0) is 64.2 Å². The summed E-state index contributed by atoms with van der Waals surface area (Å²) in [6, 6.07) is -0.614. The van der Waals surface area contributed by atoms with Gasteiger partial charge in [-0.25, -0.2) is 4.79 Å². The number of hydrogen-bond donors (Lipinski definition) is 1. The fourth-order valence-corrected chi connectivity index (χ4v) is 6.90. The molecule has 328 valence electrons. The average Bonchev–Trinajstić information content (AvgIpc) is 3.15. The van der Waals surface area contributed by atoms with Crippen LogP contribution in [0, 0.1) is 0 Å². The number of ether oxygens (including phenoxy) is 3. The van der Waals surface area contributed by atoms with Crippen LogP contribution in [0.3, 0.4) is 0 Å². The number of quaternary nitrogens is 1. The number of carbonyl (C=O) groups excluding carboxylic acids is 2. The van der Waals surface area contributed by atoms with Crippen molar-refractivity contribution in [2.24, 2.45) is 0 Å². The Morgan fingerprint density at radius 2 is 0.893 bits per heavy atom. The topological polar surface area (TPSA) is 99.1 Å². The molecule has 0 aliphatic carbocycles. The SMILES string of the molecule is CCCCCCC/C=C\CCCCCCCC(=O)OCC(COCCC(C(=O)O)[N+](C)(C)C)OC(=O)CCCCCCCCC/C=C\CCCCCCCCC. The van der Waals surface area contributed by atoms with Gasteiger partial charge in [0.05, 0.1) is 34.4 Å². The van der Waals surface area contributed by atoms with Crippen LogP contribution in [0.25, 0.3) is 0 Å². The second-order valence-electron chi connectivity index (χ2n) is 17.0. The lowest BCUT2D eigenvalue weighted by atomic mass is 10.1. The molecule has 0 aromatic rings. The zero-order valence-corrected chi connectivity index (χ0v) is 37.3. The molecule has 8 nitrogen and oxygen atoms in total. The molecule has 0 spiro atoms. The van der Waals surface area contributed by atoms with E-state index in [0.717, 1.165) is 44.9 Å². The predicted octanol–water partition coefficient (Wildman–Crippen LogP) is 12.9. The zero-order chi connectivity index (χ0) is 41.4. The Kier molecular flexibility index (Phi) is 38.1. The first kappa shape index (κ1) is 53.8. The lowest BCUT2D eigenvalue weighted by Crippen LogP contribution is -2.50. The van der Waals surface area contributed by atoms with Gasteiger partial charge < -0.3 is 23.8 Å². The van der Waals surface area contributed by atoms with Crippen LogP contribution in [0.15, 0.2) is 24.3 Å². The molecular formula is C48H90NO7+. The highest BCUT2D eigenvalue weighted by molar-refractivity contribution is 5.72. The van der Waals surface area contributed by atoms with E-state index in [1.807, 2.05) is 21.1 Å². The summed E-state index contributed by atoms with van der Waals surface area (Å²) < 4.78 is 17.3. The minimum Gasteiger partial charge on any atom is -0.477 e. The van der Waals surface area contributed by atoms with Gasteiger partial charge in [-0.2, -0.15) is 0 Å². The maximum atomic E-state index is 12.7. The third-order valence-electron chi connectivity index (χ3n) is 10.6. The lowest BCUT2D eigenvalue weighted by Gasteiger charge is -2.31. The van der Waals surface area contributed by atoms with Crippen LogP contribution in [0.4, 0.5) is 0 Å². The van der Waals surface area contributed by atoms with E-state index in [9.17, 15) is 19.5 Å². The van der Waals surface area contributed by atoms with E-state index >= 15 is 0 Å². The Morgan fingerprint density at radius 1 is 0.518 bits per heavy atom. The first-order chi connectivity index (χ1) is 27.1. The highest BCUT2D eigenvalue weighted by atomic mass is 16.6. The molecule has 0 fully saturated rings. The van der Waals surface area contributed by atoms with Crippen molar-refractivity contribution in [1.82, 2.24) is 0 Å². The maximum absolute atomic E-state index is 12.7. The minimum atomic E-state index is -0.875. The van der Waals surface area contributed by atoms with E-state index in [0.29, 0.717) is 19.3 Å². The third kappa shape index (κ3) is 37.4. The summed E-state index contributed by atoms with van der Waals surface area (Å²) in [5.74, 6) is -1.47. The molecular weight excluding hydrogens is 703 g/mol. The monoisotopic (exact) mass is 793 g/mol. The first-order valence-corrected chi connectivity index (χ1v) is 23.4. The fourth-order valence-electron chi connectivity index (χ4n) is 6.90. The summed E-state index contributed by atoms with van der Waals surface area (Å²) in [7, 11) is 5.53. The molecule has 2 atom stereocenters. The summed E-state index contributed by atoms with van der Waals surface area (Å²) >= 11 is 0. The molecule has 0 rings (SSSR count). The van der Waals surface area contributed by atoms with E-state index in [1.165, 1.54) is 135 Å². The van der Waals surface area contributed by atoms with Gasteiger partial charge in [0.2, 0.25) is 0 Å². The number of nitrogens with zero attached hydrogens (tertiary/aromatic N) is 1. The zero-order valence-electron chi connectivity index (χ0n) is 37.3. The van der Waals surface area contributed by atoms with Gasteiger partial charge in [-0.3, -0.25) is 9.59 Å². The molecule has 1 N–H and O–H groups in total. The predicted molar refractivity (Wildman–Crippen MR) is 234 cm³/mol. The first-order valence-electron chi connectivity index (χ1n) is 23.4. The van der Waals surface area contributed by atoms with Gasteiger partial charge in [0, 0.05) is 19.3 Å². The van der Waals surface area contributed by atoms with E-state index < -0.39 is 18.1 Å². The molecule has 0 aliphatic heterocycles. The molecule has 0 bridgehead atoms. The molecule has 0 radical (unpaired) electrons. The Bertz CT molecular complexity index is 973. The number of carbonyl (C=O) groups is 3. The number of rotatable bonds is 42. The Balaban J connectivity index is 4.31. The number of allylic oxidation sites excluding steroid dienone is 4. The number of unbranched alkanes of at least 4 members (excludes halogenated alkanes) is 24. The summed E-state index contributed by atoms with van der Waals surface area (Å²) in [5, 5.41) is 9.62. The van der Waals surface area contributed by atoms with Crippen LogP contribution in [-0.2, 0) is 28.6 Å². The van der Waals surface area contributed by atoms with Crippen LogP contribution in [0.5, 0.6) is 0 Å². The fraction of sp³-hybridized carbons (Fsp3) is 0.854. The van der Waals surface area contributed by atoms with Gasteiger partial charge in [-0.15, -0.1) is 0 Å². The Morgan fingerprint density at radius 3 is 1.29 bits per heavy atom. The van der Waals surface area contributed by atoms with Crippen LogP contribution in [-0.4, -0.2) is 80.6 Å². The standard InChI is InChI=1S/C48H89NO7/c1-6-8-10-12-14-16-18-20-22-23-24-25-27-29-31-33-35-37-39-47(51)56-44(42-54-41-40-45(48(52)53)49(3,4)5)43-55-46(50)38-36-34-32-30-28-26-21-19-17-15-13-11-9-7-2/h19,21-23,44-45H,6-18,20,24-43H2,1-5H3/p+1/b21-19-,23-22-. The normalized spacial score (nSPS) is 13.1. The van der Waals surface area contributed by atoms with Crippen molar-refractivity contribution >= 4 is 17.9 Å². The minimum absolute atomic E-state index is 0.0540. The lowest BCUT2D eigenvalue weighted by molar-refractivity contribution is -0.887. The smallest absolute Gasteiger partial charge is 0.362 e. The number of likely N-dealkylation sites (N-methyl/N-ethyl adjacent to an activating group) is 1. The molecule has 0 aliphatic rings. The summed E-state index contributed by atoms with van der Waals surface area (Å²) in [6.45, 7) is 4.73. The molecule has 2 unspecified atom stereocenters. The van der Waals surface area contributed by atoms with E-state index in [2.05, 4.69) is 38.2 Å². The van der Waals surface area contributed by atoms with Crippen molar-refractivity contribution in [1.29, 1.82) is 0 Å². The molecule has 0 heterocycles. The largest absolute Gasteiger partial charge is 0.477 e. The quantitative estimate of drug-likeness (QED) is 0.0284. The number of hydrogen-bond acceptors (Lipinski definition) is 6. The molecule has 0 amide bonds. The van der Waals surface area contributed by atoms with Crippen molar-refractivity contribution in [2.75, 3.05) is 41.0 Å². The van der Waals surface area contributed by atoms with Gasteiger partial charge in [0.15, 0.2) is 12.1 Å². The third-order valence-corrected chi connectivity index (χ3v) is 10.6. The van der Waals surface area contributed by atoms with Crippen molar-refractivity contribution in [3.05, 3.63) is 24.3 Å². The van der Waals surface area contributed by atoms with Crippen molar-refractivity contribution in [2.45, 2.75) is 225 Å². The molecule has 0 saturated heterocycles. The summed E-state index contributed by atoms with van der Waals surface area (Å²) in [4.78, 5) is 37.0. The summed E-state index contributed by atoms with van der Waals surface area (Å²) in [5.41, 5.74) is 0. The van der Waals surface area contributed by atoms with Gasteiger partial charge in [0.1, 0.15) is 6.61 Å². The van der Waals surface area contributed by atoms with Crippen molar-refractivity contribution in [3.8, 4) is 0 Å². The van der Waals surface area contributed by atoms with Crippen LogP contribution < -0.4 is 0 Å². The van der Waals surface area contributed by atoms with E-state index in [1.54, 1.807) is 0 Å². The Hall–Kier alpha value is -2.19. The highest BCUT2D eigenvalue weighted by Gasteiger charge is 2.31. The average molecular weight is 793 g/mol. The molecule has 56 heavy (non-hydrogen) atoms. The number of esters is 2. The van der Waals surface area contributed by atoms with Crippen molar-refractivity contribution < 1.29 is 38.2 Å². The van der Waals surface area contributed by atoms with Gasteiger partial charge in [-0.1, -0.05) is 154 Å². The van der Waals surface area contributed by atoms with Crippen LogP contribution in [0.2, 0.25) is 0 Å². The maximum Gasteiger partial charge on any atom is 0.362 e. The van der Waals surface area contributed by atoms with E-state index in [4.69, 9.17) is 14.2 Å². The van der Waals surface area contributed by atoms with Crippen LogP contribution >= 0.6 is 0 Å². The molecule has 0 saturated carbocycles. The molecule has 0 aromatic heterocycles. The van der Waals surface area contributed by atoms with Gasteiger partial charge in [0.25, 0.3) is 0 Å². The van der Waals surface area contributed by atoms with Gasteiger partial charge >= 0.3 is 17.9 Å². The Labute approximate surface area is 345 Å². The van der Waals surface area contributed by atoms with Crippen LogP contribution in [0.1, 0.15) is 213 Å². The number of carboxylic acid groups (broad SMARTS) is 1. The van der Waals surface area contributed by atoms with Crippen molar-refractivity contribution in [3.63, 3.8) is 0 Å². The number of aliphatic carboxylic acids is 1.